The van der Waals surface area contributed by atoms with Gasteiger partial charge in [0.1, 0.15) is 0 Å². The predicted molar refractivity (Wildman–Crippen MR) is 60.9 cm³/mol. The Hall–Kier alpha value is -0.830. The molecule has 0 saturated heterocycles. The molecule has 88 valence electrons. The highest BCUT2D eigenvalue weighted by atomic mass is 16.5. The fourth-order valence-corrected chi connectivity index (χ4v) is 1.32. The molecule has 1 N–H and O–H groups in total. The van der Waals surface area contributed by atoms with Gasteiger partial charge in [0, 0.05) is 0 Å². The van der Waals surface area contributed by atoms with Crippen molar-refractivity contribution in [1.29, 1.82) is 0 Å². The monoisotopic (exact) mass is 214 g/mol. The van der Waals surface area contributed by atoms with Gasteiger partial charge in [-0.15, -0.1) is 6.58 Å². The van der Waals surface area contributed by atoms with Crippen molar-refractivity contribution >= 4 is 5.97 Å². The molecule has 0 aromatic carbocycles. The zero-order valence-electron chi connectivity index (χ0n) is 9.74. The SMILES string of the molecule is C=CCOC(C)CCCCC(C)C(=O)O. The standard InChI is InChI=1S/C12H22O3/c1-4-9-15-11(3)8-6-5-7-10(2)12(13)14/h4,10-11H,1,5-9H2,2-3H3,(H,13,14). The number of carbonyl (C=O) groups is 1. The average molecular weight is 214 g/mol. The normalized spacial score (nSPS) is 14.5. The van der Waals surface area contributed by atoms with E-state index < -0.39 is 5.97 Å². The highest BCUT2D eigenvalue weighted by Gasteiger charge is 2.10. The first-order chi connectivity index (χ1) is 7.07. The summed E-state index contributed by atoms with van der Waals surface area (Å²) in [6, 6.07) is 0. The molecule has 0 aliphatic carbocycles. The van der Waals surface area contributed by atoms with Crippen LogP contribution in [0, 0.1) is 5.92 Å². The molecule has 2 unspecified atom stereocenters. The molecule has 0 amide bonds. The summed E-state index contributed by atoms with van der Waals surface area (Å²) in [5.74, 6) is -0.930. The third kappa shape index (κ3) is 8.18. The molecule has 3 nitrogen and oxygen atoms in total. The van der Waals surface area contributed by atoms with Crippen LogP contribution in [0.3, 0.4) is 0 Å². The van der Waals surface area contributed by atoms with Crippen LogP contribution in [0.5, 0.6) is 0 Å². The molecule has 0 heterocycles. The summed E-state index contributed by atoms with van der Waals surface area (Å²) in [6.07, 6.45) is 5.70. The Morgan fingerprint density at radius 2 is 2.00 bits per heavy atom. The Morgan fingerprint density at radius 3 is 2.53 bits per heavy atom. The zero-order chi connectivity index (χ0) is 11.7. The minimum atomic E-state index is -0.703. The predicted octanol–water partition coefficient (Wildman–Crippen LogP) is 2.86. The largest absolute Gasteiger partial charge is 0.481 e. The fraction of sp³-hybridized carbons (Fsp3) is 0.750. The van der Waals surface area contributed by atoms with Crippen molar-refractivity contribution in [3.05, 3.63) is 12.7 Å². The number of unbranched alkanes of at least 4 members (excludes halogenated alkanes) is 1. The van der Waals surface area contributed by atoms with E-state index in [9.17, 15) is 4.79 Å². The number of hydrogen-bond donors (Lipinski definition) is 1. The Balaban J connectivity index is 3.37. The molecule has 0 spiro atoms. The highest BCUT2D eigenvalue weighted by molar-refractivity contribution is 5.69. The molecule has 0 aromatic heterocycles. The van der Waals surface area contributed by atoms with Gasteiger partial charge in [-0.3, -0.25) is 4.79 Å². The number of rotatable bonds is 9. The highest BCUT2D eigenvalue weighted by Crippen LogP contribution is 2.11. The fourth-order valence-electron chi connectivity index (χ4n) is 1.32. The molecular weight excluding hydrogens is 192 g/mol. The number of aliphatic carboxylic acids is 1. The zero-order valence-corrected chi connectivity index (χ0v) is 9.74. The van der Waals surface area contributed by atoms with E-state index in [0.29, 0.717) is 6.61 Å². The smallest absolute Gasteiger partial charge is 0.306 e. The van der Waals surface area contributed by atoms with Crippen molar-refractivity contribution in [3.63, 3.8) is 0 Å². The second-order valence-corrected chi connectivity index (χ2v) is 3.96. The van der Waals surface area contributed by atoms with Gasteiger partial charge in [-0.05, 0) is 19.8 Å². The first kappa shape index (κ1) is 14.2. The maximum absolute atomic E-state index is 10.5. The van der Waals surface area contributed by atoms with E-state index in [0.717, 1.165) is 25.7 Å². The van der Waals surface area contributed by atoms with Crippen LogP contribution >= 0.6 is 0 Å². The van der Waals surface area contributed by atoms with Crippen molar-refractivity contribution in [1.82, 2.24) is 0 Å². The molecule has 0 saturated carbocycles. The van der Waals surface area contributed by atoms with Gasteiger partial charge in [-0.2, -0.15) is 0 Å². The van der Waals surface area contributed by atoms with E-state index in [4.69, 9.17) is 9.84 Å². The number of carboxylic acid groups (broad SMARTS) is 1. The van der Waals surface area contributed by atoms with Crippen molar-refractivity contribution in [2.75, 3.05) is 6.61 Å². The summed E-state index contributed by atoms with van der Waals surface area (Å²) in [5.41, 5.74) is 0. The van der Waals surface area contributed by atoms with Gasteiger partial charge in [-0.25, -0.2) is 0 Å². The van der Waals surface area contributed by atoms with E-state index in [1.807, 2.05) is 6.92 Å². The first-order valence-electron chi connectivity index (χ1n) is 5.53. The first-order valence-corrected chi connectivity index (χ1v) is 5.53. The van der Waals surface area contributed by atoms with Crippen LogP contribution in [0.1, 0.15) is 39.5 Å². The van der Waals surface area contributed by atoms with Gasteiger partial charge in [0.2, 0.25) is 0 Å². The van der Waals surface area contributed by atoms with Gasteiger partial charge in [0.05, 0.1) is 18.6 Å². The second-order valence-electron chi connectivity index (χ2n) is 3.96. The van der Waals surface area contributed by atoms with Crippen LogP contribution in [0.25, 0.3) is 0 Å². The maximum Gasteiger partial charge on any atom is 0.306 e. The second kappa shape index (κ2) is 8.48. The lowest BCUT2D eigenvalue weighted by Gasteiger charge is -2.11. The molecule has 0 radical (unpaired) electrons. The molecule has 3 heteroatoms. The lowest BCUT2D eigenvalue weighted by Crippen LogP contribution is -2.10. The van der Waals surface area contributed by atoms with Gasteiger partial charge in [0.25, 0.3) is 0 Å². The Morgan fingerprint density at radius 1 is 1.40 bits per heavy atom. The molecule has 0 rings (SSSR count). The molecule has 15 heavy (non-hydrogen) atoms. The van der Waals surface area contributed by atoms with Crippen LogP contribution in [0.4, 0.5) is 0 Å². The Kier molecular flexibility index (Phi) is 8.01. The van der Waals surface area contributed by atoms with Crippen LogP contribution < -0.4 is 0 Å². The minimum absolute atomic E-state index is 0.227. The third-order valence-electron chi connectivity index (χ3n) is 2.42. The van der Waals surface area contributed by atoms with Gasteiger partial charge in [-0.1, -0.05) is 25.8 Å². The quantitative estimate of drug-likeness (QED) is 0.474. The van der Waals surface area contributed by atoms with Crippen molar-refractivity contribution < 1.29 is 14.6 Å². The van der Waals surface area contributed by atoms with Gasteiger partial charge in [0.15, 0.2) is 0 Å². The van der Waals surface area contributed by atoms with E-state index >= 15 is 0 Å². The number of ether oxygens (including phenoxy) is 1. The van der Waals surface area contributed by atoms with Crippen LogP contribution in [-0.4, -0.2) is 23.8 Å². The van der Waals surface area contributed by atoms with Gasteiger partial charge < -0.3 is 9.84 Å². The summed E-state index contributed by atoms with van der Waals surface area (Å²) >= 11 is 0. The summed E-state index contributed by atoms with van der Waals surface area (Å²) in [7, 11) is 0. The van der Waals surface area contributed by atoms with Crippen molar-refractivity contribution in [2.24, 2.45) is 5.92 Å². The molecule has 0 aliphatic rings. The molecule has 2 atom stereocenters. The Labute approximate surface area is 92.1 Å². The average Bonchev–Trinajstić information content (AvgIpc) is 2.20. The summed E-state index contributed by atoms with van der Waals surface area (Å²) in [6.45, 7) is 7.95. The molecule has 0 fully saturated rings. The lowest BCUT2D eigenvalue weighted by molar-refractivity contribution is -0.141. The van der Waals surface area contributed by atoms with E-state index in [-0.39, 0.29) is 12.0 Å². The van der Waals surface area contributed by atoms with Crippen LogP contribution in [0.2, 0.25) is 0 Å². The summed E-state index contributed by atoms with van der Waals surface area (Å²) in [5, 5.41) is 8.67. The van der Waals surface area contributed by atoms with Gasteiger partial charge >= 0.3 is 5.97 Å². The minimum Gasteiger partial charge on any atom is -0.481 e. The molecule has 0 aliphatic heterocycles. The van der Waals surface area contributed by atoms with E-state index in [2.05, 4.69) is 6.58 Å². The number of hydrogen-bond acceptors (Lipinski definition) is 2. The van der Waals surface area contributed by atoms with Crippen molar-refractivity contribution in [2.45, 2.75) is 45.6 Å². The topological polar surface area (TPSA) is 46.5 Å². The third-order valence-corrected chi connectivity index (χ3v) is 2.42. The Bertz CT molecular complexity index is 189. The van der Waals surface area contributed by atoms with Crippen LogP contribution in [-0.2, 0) is 9.53 Å². The van der Waals surface area contributed by atoms with E-state index in [1.165, 1.54) is 0 Å². The van der Waals surface area contributed by atoms with Crippen molar-refractivity contribution in [3.8, 4) is 0 Å². The molecule has 0 aromatic rings. The molecular formula is C12H22O3. The van der Waals surface area contributed by atoms with Crippen LogP contribution in [0.15, 0.2) is 12.7 Å². The summed E-state index contributed by atoms with van der Waals surface area (Å²) in [4.78, 5) is 10.5. The van der Waals surface area contributed by atoms with E-state index in [1.54, 1.807) is 13.0 Å². The lowest BCUT2D eigenvalue weighted by atomic mass is 10.0. The number of carboxylic acids is 1. The maximum atomic E-state index is 10.5. The molecule has 0 bridgehead atoms. The summed E-state index contributed by atoms with van der Waals surface area (Å²) < 4.78 is 5.41.